The molecule has 1 N–H and O–H groups in total. The van der Waals surface area contributed by atoms with E-state index in [-0.39, 0.29) is 47.2 Å². The van der Waals surface area contributed by atoms with Crippen LogP contribution in [0.3, 0.4) is 0 Å². The van der Waals surface area contributed by atoms with E-state index in [4.69, 9.17) is 23.2 Å². The highest BCUT2D eigenvalue weighted by Crippen LogP contribution is 2.27. The molecule has 3 aromatic rings. The van der Waals surface area contributed by atoms with Gasteiger partial charge in [0, 0.05) is 40.7 Å². The molecular formula is C23H20BrCl2N3O5S2. The molecular weight excluding hydrogens is 613 g/mol. The van der Waals surface area contributed by atoms with Crippen molar-refractivity contribution in [2.24, 2.45) is 0 Å². The summed E-state index contributed by atoms with van der Waals surface area (Å²) >= 11 is 15.0. The average Bonchev–Trinajstić information content (AvgIpc) is 2.85. The molecule has 0 radical (unpaired) electrons. The molecule has 1 heterocycles. The lowest BCUT2D eigenvalue weighted by Gasteiger charge is -2.34. The molecule has 1 aliphatic rings. The highest BCUT2D eigenvalue weighted by Gasteiger charge is 2.31. The number of anilines is 1. The van der Waals surface area contributed by atoms with Gasteiger partial charge in [0.2, 0.25) is 10.0 Å². The maximum absolute atomic E-state index is 13.4. The Balaban J connectivity index is 1.52. The van der Waals surface area contributed by atoms with E-state index < -0.39 is 26.0 Å². The van der Waals surface area contributed by atoms with E-state index in [1.54, 1.807) is 6.07 Å². The largest absolute Gasteiger partial charge is 0.336 e. The zero-order valence-electron chi connectivity index (χ0n) is 18.6. The van der Waals surface area contributed by atoms with Crippen LogP contribution >= 0.6 is 39.1 Å². The Morgan fingerprint density at radius 1 is 0.778 bits per heavy atom. The number of nitrogens with zero attached hydrogens (tertiary/aromatic N) is 2. The van der Waals surface area contributed by atoms with Gasteiger partial charge in [-0.15, -0.1) is 0 Å². The Bertz CT molecular complexity index is 1490. The summed E-state index contributed by atoms with van der Waals surface area (Å²) in [5.74, 6) is -0.423. The molecule has 13 heteroatoms. The van der Waals surface area contributed by atoms with E-state index in [1.165, 1.54) is 69.9 Å². The lowest BCUT2D eigenvalue weighted by molar-refractivity contribution is 0.0699. The van der Waals surface area contributed by atoms with Crippen molar-refractivity contribution in [2.75, 3.05) is 30.9 Å². The van der Waals surface area contributed by atoms with Crippen molar-refractivity contribution in [1.82, 2.24) is 9.21 Å². The Morgan fingerprint density at radius 2 is 1.31 bits per heavy atom. The average molecular weight is 633 g/mol. The molecule has 0 aromatic heterocycles. The third-order valence-electron chi connectivity index (χ3n) is 5.56. The number of rotatable bonds is 6. The standard InChI is InChI=1S/C23H20BrCl2N3O5S2/c24-16-1-10-22(27-35(31,32)19-6-2-17(25)3-7-19)21(15-16)23(30)28-11-13-29(14-12-28)36(33,34)20-8-4-18(26)5-9-20/h1-10,15,27H,11-14H2. The third-order valence-corrected chi connectivity index (χ3v) is 9.85. The fraction of sp³-hybridized carbons (Fsp3) is 0.174. The second-order valence-corrected chi connectivity index (χ2v) is 13.3. The van der Waals surface area contributed by atoms with E-state index in [9.17, 15) is 21.6 Å². The normalized spacial score (nSPS) is 15.0. The van der Waals surface area contributed by atoms with Crippen LogP contribution in [0.4, 0.5) is 5.69 Å². The summed E-state index contributed by atoms with van der Waals surface area (Å²) in [6.07, 6.45) is 0. The number of halogens is 3. The van der Waals surface area contributed by atoms with Gasteiger partial charge in [0.05, 0.1) is 21.0 Å². The number of hydrogen-bond donors (Lipinski definition) is 1. The second kappa shape index (κ2) is 10.7. The lowest BCUT2D eigenvalue weighted by Crippen LogP contribution is -2.50. The molecule has 0 unspecified atom stereocenters. The SMILES string of the molecule is O=C(c1cc(Br)ccc1NS(=O)(=O)c1ccc(Cl)cc1)N1CCN(S(=O)(=O)c2ccc(Cl)cc2)CC1. The first-order valence-electron chi connectivity index (χ1n) is 10.6. The van der Waals surface area contributed by atoms with E-state index in [1.807, 2.05) is 0 Å². The predicted molar refractivity (Wildman–Crippen MR) is 143 cm³/mol. The molecule has 4 rings (SSSR count). The molecule has 0 spiro atoms. The van der Waals surface area contributed by atoms with Crippen molar-refractivity contribution in [3.05, 3.63) is 86.8 Å². The molecule has 3 aromatic carbocycles. The summed E-state index contributed by atoms with van der Waals surface area (Å²) in [4.78, 5) is 15.0. The number of benzene rings is 3. The molecule has 36 heavy (non-hydrogen) atoms. The van der Waals surface area contributed by atoms with Crippen molar-refractivity contribution in [3.8, 4) is 0 Å². The number of carbonyl (C=O) groups excluding carboxylic acids is 1. The van der Waals surface area contributed by atoms with Crippen molar-refractivity contribution in [3.63, 3.8) is 0 Å². The molecule has 1 saturated heterocycles. The van der Waals surface area contributed by atoms with E-state index in [2.05, 4.69) is 20.7 Å². The topological polar surface area (TPSA) is 104 Å². The Hall–Kier alpha value is -2.15. The first-order chi connectivity index (χ1) is 17.0. The monoisotopic (exact) mass is 631 g/mol. The van der Waals surface area contributed by atoms with Gasteiger partial charge in [0.15, 0.2) is 0 Å². The number of sulfonamides is 2. The van der Waals surface area contributed by atoms with Gasteiger partial charge in [0.1, 0.15) is 0 Å². The molecule has 1 amide bonds. The highest BCUT2D eigenvalue weighted by molar-refractivity contribution is 9.10. The van der Waals surface area contributed by atoms with Gasteiger partial charge in [0.25, 0.3) is 15.9 Å². The van der Waals surface area contributed by atoms with Crippen LogP contribution in [-0.4, -0.2) is 58.1 Å². The van der Waals surface area contributed by atoms with E-state index in [0.717, 1.165) is 0 Å². The smallest absolute Gasteiger partial charge is 0.261 e. The number of nitrogens with one attached hydrogen (secondary N) is 1. The highest BCUT2D eigenvalue weighted by atomic mass is 79.9. The fourth-order valence-electron chi connectivity index (χ4n) is 3.66. The van der Waals surface area contributed by atoms with Crippen LogP contribution in [0.15, 0.2) is 81.0 Å². The quantitative estimate of drug-likeness (QED) is 0.424. The van der Waals surface area contributed by atoms with Crippen LogP contribution in [0.1, 0.15) is 10.4 Å². The van der Waals surface area contributed by atoms with Crippen LogP contribution in [0.5, 0.6) is 0 Å². The minimum atomic E-state index is -3.98. The second-order valence-electron chi connectivity index (χ2n) is 7.90. The zero-order chi connectivity index (χ0) is 26.1. The summed E-state index contributed by atoms with van der Waals surface area (Å²) in [6.45, 7) is 0.468. The van der Waals surface area contributed by atoms with Crippen LogP contribution < -0.4 is 4.72 Å². The molecule has 8 nitrogen and oxygen atoms in total. The molecule has 1 fully saturated rings. The van der Waals surface area contributed by atoms with Crippen molar-refractivity contribution in [2.45, 2.75) is 9.79 Å². The summed E-state index contributed by atoms with van der Waals surface area (Å²) in [5.41, 5.74) is 0.241. The molecule has 0 bridgehead atoms. The van der Waals surface area contributed by atoms with Crippen LogP contribution in [-0.2, 0) is 20.0 Å². The maximum Gasteiger partial charge on any atom is 0.261 e. The van der Waals surface area contributed by atoms with E-state index in [0.29, 0.717) is 14.5 Å². The van der Waals surface area contributed by atoms with Gasteiger partial charge in [-0.1, -0.05) is 39.1 Å². The van der Waals surface area contributed by atoms with Crippen LogP contribution in [0.2, 0.25) is 10.0 Å². The predicted octanol–water partition coefficient (Wildman–Crippen LogP) is 4.70. The minimum absolute atomic E-state index is 0.00534. The molecule has 1 aliphatic heterocycles. The molecule has 0 aliphatic carbocycles. The van der Waals surface area contributed by atoms with Gasteiger partial charge in [-0.2, -0.15) is 4.31 Å². The van der Waals surface area contributed by atoms with Crippen molar-refractivity contribution < 1.29 is 21.6 Å². The van der Waals surface area contributed by atoms with Crippen LogP contribution in [0, 0.1) is 0 Å². The van der Waals surface area contributed by atoms with Gasteiger partial charge in [-0.05, 0) is 66.7 Å². The minimum Gasteiger partial charge on any atom is -0.336 e. The lowest BCUT2D eigenvalue weighted by atomic mass is 10.1. The number of piperazine rings is 1. The molecule has 0 saturated carbocycles. The van der Waals surface area contributed by atoms with Crippen molar-refractivity contribution in [1.29, 1.82) is 0 Å². The zero-order valence-corrected chi connectivity index (χ0v) is 23.3. The number of carbonyl (C=O) groups is 1. The summed E-state index contributed by atoms with van der Waals surface area (Å²) in [6, 6.07) is 16.2. The summed E-state index contributed by atoms with van der Waals surface area (Å²) < 4.78 is 56.0. The van der Waals surface area contributed by atoms with Gasteiger partial charge in [-0.3, -0.25) is 9.52 Å². The maximum atomic E-state index is 13.4. The number of amides is 1. The van der Waals surface area contributed by atoms with Gasteiger partial charge >= 0.3 is 0 Å². The van der Waals surface area contributed by atoms with Crippen molar-refractivity contribution >= 4 is 70.8 Å². The Labute approximate surface area is 228 Å². The Morgan fingerprint density at radius 3 is 1.86 bits per heavy atom. The fourth-order valence-corrected chi connectivity index (χ4v) is 6.77. The summed E-state index contributed by atoms with van der Waals surface area (Å²) in [5, 5.41) is 0.826. The van der Waals surface area contributed by atoms with E-state index >= 15 is 0 Å². The summed E-state index contributed by atoms with van der Waals surface area (Å²) in [7, 11) is -7.72. The molecule has 190 valence electrons. The third kappa shape index (κ3) is 5.87. The van der Waals surface area contributed by atoms with Gasteiger partial charge < -0.3 is 4.90 Å². The first kappa shape index (κ1) is 26.9. The first-order valence-corrected chi connectivity index (χ1v) is 15.1. The van der Waals surface area contributed by atoms with Crippen LogP contribution in [0.25, 0.3) is 0 Å². The molecule has 0 atom stereocenters. The Kier molecular flexibility index (Phi) is 7.98. The number of hydrogen-bond acceptors (Lipinski definition) is 5. The van der Waals surface area contributed by atoms with Gasteiger partial charge in [-0.25, -0.2) is 16.8 Å².